The normalized spacial score (nSPS) is 16.4. The molecule has 1 saturated carbocycles. The van der Waals surface area contributed by atoms with E-state index in [0.29, 0.717) is 6.54 Å². The molecular weight excluding hydrogens is 258 g/mol. The van der Waals surface area contributed by atoms with Crippen molar-refractivity contribution in [2.24, 2.45) is 0 Å². The maximum Gasteiger partial charge on any atom is 0.254 e. The number of benzene rings is 1. The molecule has 0 saturated heterocycles. The third-order valence-electron chi connectivity index (χ3n) is 3.12. The van der Waals surface area contributed by atoms with Gasteiger partial charge in [-0.15, -0.1) is 0 Å². The van der Waals surface area contributed by atoms with Crippen molar-refractivity contribution >= 4 is 23.4 Å². The van der Waals surface area contributed by atoms with Gasteiger partial charge >= 0.3 is 0 Å². The number of nitrogens with one attached hydrogen (secondary N) is 1. The smallest absolute Gasteiger partial charge is 0.254 e. The van der Waals surface area contributed by atoms with Crippen LogP contribution in [0.5, 0.6) is 0 Å². The van der Waals surface area contributed by atoms with Crippen LogP contribution < -0.4 is 11.1 Å². The minimum atomic E-state index is -0.872. The number of rotatable bonds is 4. The number of halogens is 2. The number of hydrogen-bond donors (Lipinski definition) is 2. The van der Waals surface area contributed by atoms with E-state index >= 15 is 0 Å². The molecule has 0 unspecified atom stereocenters. The average Bonchev–Trinajstić information content (AvgIpc) is 3.11. The van der Waals surface area contributed by atoms with Gasteiger partial charge in [-0.3, -0.25) is 4.79 Å². The lowest BCUT2D eigenvalue weighted by atomic mass is 10.1. The molecule has 0 bridgehead atoms. The van der Waals surface area contributed by atoms with Gasteiger partial charge in [0.1, 0.15) is 5.82 Å². The van der Waals surface area contributed by atoms with E-state index in [0.717, 1.165) is 25.0 Å². The molecule has 0 atom stereocenters. The Bertz CT molecular complexity index is 489. The van der Waals surface area contributed by atoms with Crippen molar-refractivity contribution in [3.05, 3.63) is 29.3 Å². The van der Waals surface area contributed by atoms with Gasteiger partial charge in [0, 0.05) is 11.3 Å². The van der Waals surface area contributed by atoms with Crippen molar-refractivity contribution in [3.63, 3.8) is 0 Å². The number of amides is 1. The molecule has 98 valence electrons. The van der Waals surface area contributed by atoms with E-state index < -0.39 is 17.5 Å². The molecular formula is C12H14F2N2OS. The summed E-state index contributed by atoms with van der Waals surface area (Å²) >= 11 is 1.68. The summed E-state index contributed by atoms with van der Waals surface area (Å²) in [7, 11) is 0. The van der Waals surface area contributed by atoms with Crippen molar-refractivity contribution in [1.82, 2.24) is 5.32 Å². The Kier molecular flexibility index (Phi) is 3.47. The van der Waals surface area contributed by atoms with Gasteiger partial charge in [-0.05, 0) is 31.2 Å². The Hall–Kier alpha value is -1.30. The predicted molar refractivity (Wildman–Crippen MR) is 68.6 cm³/mol. The molecule has 1 aliphatic rings. The molecule has 0 spiro atoms. The molecule has 1 aromatic carbocycles. The zero-order valence-corrected chi connectivity index (χ0v) is 10.7. The van der Waals surface area contributed by atoms with Gasteiger partial charge in [0.15, 0.2) is 5.82 Å². The maximum atomic E-state index is 13.6. The first-order valence-corrected chi connectivity index (χ1v) is 6.78. The summed E-state index contributed by atoms with van der Waals surface area (Å²) in [5.41, 5.74) is 4.58. The number of thioether (sulfide) groups is 1. The van der Waals surface area contributed by atoms with Crippen LogP contribution in [0, 0.1) is 11.6 Å². The van der Waals surface area contributed by atoms with Crippen molar-refractivity contribution in [2.45, 2.75) is 17.6 Å². The maximum absolute atomic E-state index is 13.6. The fourth-order valence-corrected chi connectivity index (χ4v) is 2.43. The number of anilines is 1. The largest absolute Gasteiger partial charge is 0.396 e. The van der Waals surface area contributed by atoms with E-state index in [1.165, 1.54) is 0 Å². The zero-order valence-electron chi connectivity index (χ0n) is 9.93. The first-order chi connectivity index (χ1) is 8.47. The van der Waals surface area contributed by atoms with Crippen LogP contribution in [0.3, 0.4) is 0 Å². The van der Waals surface area contributed by atoms with Crippen LogP contribution in [0.2, 0.25) is 0 Å². The molecule has 3 nitrogen and oxygen atoms in total. The minimum Gasteiger partial charge on any atom is -0.396 e. The fourth-order valence-electron chi connectivity index (χ4n) is 1.70. The summed E-state index contributed by atoms with van der Waals surface area (Å²) in [6.45, 7) is 0.461. The third-order valence-corrected chi connectivity index (χ3v) is 4.54. The lowest BCUT2D eigenvalue weighted by Crippen LogP contribution is -2.32. The number of carbonyl (C=O) groups is 1. The third kappa shape index (κ3) is 2.58. The SMILES string of the molecule is CSC1(CNC(=O)c2cc(F)cc(N)c2F)CC1. The number of nitrogens with two attached hydrogens (primary N) is 1. The Morgan fingerprint density at radius 1 is 1.50 bits per heavy atom. The van der Waals surface area contributed by atoms with Crippen LogP contribution in [0.1, 0.15) is 23.2 Å². The van der Waals surface area contributed by atoms with Crippen molar-refractivity contribution in [3.8, 4) is 0 Å². The highest BCUT2D eigenvalue weighted by Crippen LogP contribution is 2.46. The highest BCUT2D eigenvalue weighted by Gasteiger charge is 2.42. The molecule has 1 aliphatic carbocycles. The second-order valence-corrected chi connectivity index (χ2v) is 5.70. The van der Waals surface area contributed by atoms with Gasteiger partial charge in [0.25, 0.3) is 5.91 Å². The molecule has 0 heterocycles. The topological polar surface area (TPSA) is 55.1 Å². The van der Waals surface area contributed by atoms with E-state index in [2.05, 4.69) is 5.32 Å². The Labute approximate surface area is 108 Å². The van der Waals surface area contributed by atoms with E-state index in [9.17, 15) is 13.6 Å². The lowest BCUT2D eigenvalue weighted by Gasteiger charge is -2.13. The molecule has 2 rings (SSSR count). The first-order valence-electron chi connectivity index (χ1n) is 5.55. The molecule has 18 heavy (non-hydrogen) atoms. The molecule has 0 aliphatic heterocycles. The van der Waals surface area contributed by atoms with Gasteiger partial charge in [-0.2, -0.15) is 11.8 Å². The second kappa shape index (κ2) is 4.76. The number of hydrogen-bond acceptors (Lipinski definition) is 3. The van der Waals surface area contributed by atoms with Crippen LogP contribution in [-0.2, 0) is 0 Å². The lowest BCUT2D eigenvalue weighted by molar-refractivity contribution is 0.0948. The van der Waals surface area contributed by atoms with Crippen LogP contribution >= 0.6 is 11.8 Å². The van der Waals surface area contributed by atoms with E-state index in [1.807, 2.05) is 6.26 Å². The van der Waals surface area contributed by atoms with E-state index in [1.54, 1.807) is 11.8 Å². The van der Waals surface area contributed by atoms with Crippen molar-refractivity contribution in [1.29, 1.82) is 0 Å². The summed E-state index contributed by atoms with van der Waals surface area (Å²) in [5.74, 6) is -2.22. The van der Waals surface area contributed by atoms with Gasteiger partial charge in [0.05, 0.1) is 11.3 Å². The van der Waals surface area contributed by atoms with Crippen LogP contribution in [0.15, 0.2) is 12.1 Å². The first kappa shape index (κ1) is 13.1. The fraction of sp³-hybridized carbons (Fsp3) is 0.417. The quantitative estimate of drug-likeness (QED) is 0.826. The molecule has 1 aromatic rings. The van der Waals surface area contributed by atoms with Crippen molar-refractivity contribution < 1.29 is 13.6 Å². The van der Waals surface area contributed by atoms with Crippen molar-refractivity contribution in [2.75, 3.05) is 18.5 Å². The van der Waals surface area contributed by atoms with Crippen LogP contribution in [0.25, 0.3) is 0 Å². The molecule has 6 heteroatoms. The van der Waals surface area contributed by atoms with E-state index in [4.69, 9.17) is 5.73 Å². The summed E-state index contributed by atoms with van der Waals surface area (Å²) in [5, 5.41) is 2.63. The molecule has 0 radical (unpaired) electrons. The predicted octanol–water partition coefficient (Wildman–Crippen LogP) is 2.17. The molecule has 0 aromatic heterocycles. The number of nitrogen functional groups attached to an aromatic ring is 1. The van der Waals surface area contributed by atoms with Gasteiger partial charge in [0.2, 0.25) is 0 Å². The Morgan fingerprint density at radius 2 is 2.17 bits per heavy atom. The Balaban J connectivity index is 2.09. The zero-order chi connectivity index (χ0) is 13.3. The summed E-state index contributed by atoms with van der Waals surface area (Å²) < 4.78 is 26.8. The van der Waals surface area contributed by atoms with Crippen LogP contribution in [0.4, 0.5) is 14.5 Å². The Morgan fingerprint density at radius 3 is 2.72 bits per heavy atom. The van der Waals surface area contributed by atoms with Gasteiger partial charge < -0.3 is 11.1 Å². The van der Waals surface area contributed by atoms with Gasteiger partial charge in [-0.25, -0.2) is 8.78 Å². The summed E-state index contributed by atoms with van der Waals surface area (Å²) in [6, 6.07) is 1.72. The summed E-state index contributed by atoms with van der Waals surface area (Å²) in [6.07, 6.45) is 4.03. The van der Waals surface area contributed by atoms with E-state index in [-0.39, 0.29) is 16.0 Å². The highest BCUT2D eigenvalue weighted by molar-refractivity contribution is 8.00. The number of carbonyl (C=O) groups excluding carboxylic acids is 1. The minimum absolute atomic E-state index is 0.0744. The molecule has 1 fully saturated rings. The second-order valence-electron chi connectivity index (χ2n) is 4.43. The monoisotopic (exact) mass is 272 g/mol. The van der Waals surface area contributed by atoms with Crippen LogP contribution in [-0.4, -0.2) is 23.5 Å². The van der Waals surface area contributed by atoms with Gasteiger partial charge in [-0.1, -0.05) is 0 Å². The molecule has 1 amide bonds. The standard InChI is InChI=1S/C12H14F2N2OS/c1-18-12(2-3-12)6-16-11(17)8-4-7(13)5-9(15)10(8)14/h4-5H,2-3,6,15H2,1H3,(H,16,17). The highest BCUT2D eigenvalue weighted by atomic mass is 32.2. The summed E-state index contributed by atoms with van der Waals surface area (Å²) in [4.78, 5) is 11.8. The average molecular weight is 272 g/mol. The molecule has 3 N–H and O–H groups in total.